The first-order chi connectivity index (χ1) is 11.1. The standard InChI is InChI=1S/C18H31BFNO4/c1-15(2,3)23-14(22)21-11-12(10-16(21,4)5)13(20)19-24-17(6,7)18(8,9)25-19/h10-11H2,1-9H3. The number of ether oxygens (including phenoxy) is 1. The third-order valence-corrected chi connectivity index (χ3v) is 5.14. The van der Waals surface area contributed by atoms with Crippen molar-refractivity contribution >= 4 is 13.2 Å². The lowest BCUT2D eigenvalue weighted by atomic mass is 9.83. The molecule has 2 saturated heterocycles. The van der Waals surface area contributed by atoms with Crippen molar-refractivity contribution in [1.82, 2.24) is 4.90 Å². The van der Waals surface area contributed by atoms with Gasteiger partial charge in [0.2, 0.25) is 0 Å². The van der Waals surface area contributed by atoms with E-state index < -0.39 is 41.3 Å². The number of nitrogens with zero attached hydrogens (tertiary/aromatic N) is 1. The van der Waals surface area contributed by atoms with Crippen LogP contribution in [0.15, 0.2) is 11.3 Å². The molecule has 2 rings (SSSR count). The van der Waals surface area contributed by atoms with Crippen molar-refractivity contribution in [3.63, 3.8) is 0 Å². The molecule has 5 nitrogen and oxygen atoms in total. The van der Waals surface area contributed by atoms with Gasteiger partial charge in [0, 0.05) is 12.1 Å². The molecule has 1 amide bonds. The number of hydrogen-bond acceptors (Lipinski definition) is 4. The Morgan fingerprint density at radius 3 is 2.04 bits per heavy atom. The molecule has 0 N–H and O–H groups in total. The zero-order valence-corrected chi connectivity index (χ0v) is 16.9. The fourth-order valence-electron chi connectivity index (χ4n) is 2.98. The van der Waals surface area contributed by atoms with Gasteiger partial charge < -0.3 is 14.0 Å². The van der Waals surface area contributed by atoms with Crippen LogP contribution in [-0.4, -0.2) is 47.0 Å². The SMILES string of the molecule is CC(C)(C)OC(=O)N1CC(=C(F)B2OC(C)(C)C(C)(C)O2)CC1(C)C. The molecular weight excluding hydrogens is 324 g/mol. The fraction of sp³-hybridized carbons (Fsp3) is 0.833. The van der Waals surface area contributed by atoms with Gasteiger partial charge in [-0.1, -0.05) is 0 Å². The Hall–Kier alpha value is -1.08. The molecule has 0 spiro atoms. The average Bonchev–Trinajstić information content (AvgIpc) is 2.80. The topological polar surface area (TPSA) is 48.0 Å². The predicted molar refractivity (Wildman–Crippen MR) is 95.9 cm³/mol. The van der Waals surface area contributed by atoms with E-state index in [1.54, 1.807) is 4.90 Å². The Kier molecular flexibility index (Phi) is 4.84. The van der Waals surface area contributed by atoms with Crippen LogP contribution in [0.5, 0.6) is 0 Å². The lowest BCUT2D eigenvalue weighted by molar-refractivity contribution is 0.00578. The highest BCUT2D eigenvalue weighted by Gasteiger charge is 2.54. The van der Waals surface area contributed by atoms with E-state index >= 15 is 4.39 Å². The van der Waals surface area contributed by atoms with E-state index in [0.29, 0.717) is 12.0 Å². The second-order valence-corrected chi connectivity index (χ2v) is 9.60. The maximum Gasteiger partial charge on any atom is 0.525 e. The summed E-state index contributed by atoms with van der Waals surface area (Å²) in [7, 11) is -1.03. The third kappa shape index (κ3) is 4.03. The third-order valence-electron chi connectivity index (χ3n) is 5.14. The second kappa shape index (κ2) is 5.98. The lowest BCUT2D eigenvalue weighted by Gasteiger charge is -2.33. The summed E-state index contributed by atoms with van der Waals surface area (Å²) in [6.07, 6.45) is -0.0171. The highest BCUT2D eigenvalue weighted by molar-refractivity contribution is 6.53. The van der Waals surface area contributed by atoms with Crippen LogP contribution in [0.2, 0.25) is 0 Å². The van der Waals surface area contributed by atoms with Crippen LogP contribution in [0.25, 0.3) is 0 Å². The molecular formula is C18H31BFNO4. The molecule has 0 aliphatic carbocycles. The molecule has 2 heterocycles. The van der Waals surface area contributed by atoms with E-state index in [9.17, 15) is 4.79 Å². The average molecular weight is 355 g/mol. The summed E-state index contributed by atoms with van der Waals surface area (Å²) in [4.78, 5) is 14.0. The van der Waals surface area contributed by atoms with Gasteiger partial charge in [0.15, 0.2) is 0 Å². The van der Waals surface area contributed by atoms with Crippen molar-refractivity contribution in [2.45, 2.75) is 91.1 Å². The van der Waals surface area contributed by atoms with Crippen LogP contribution in [0.4, 0.5) is 9.18 Å². The summed E-state index contributed by atoms with van der Waals surface area (Å²) in [5.74, 6) is 0. The molecule has 0 bridgehead atoms. The molecule has 0 aromatic rings. The second-order valence-electron chi connectivity index (χ2n) is 9.60. The van der Waals surface area contributed by atoms with Crippen molar-refractivity contribution in [1.29, 1.82) is 0 Å². The maximum atomic E-state index is 15.1. The van der Waals surface area contributed by atoms with Crippen molar-refractivity contribution in [2.24, 2.45) is 0 Å². The van der Waals surface area contributed by atoms with E-state index in [1.165, 1.54) is 0 Å². The zero-order chi connectivity index (χ0) is 19.4. The maximum absolute atomic E-state index is 15.1. The lowest BCUT2D eigenvalue weighted by Crippen LogP contribution is -2.45. The molecule has 25 heavy (non-hydrogen) atoms. The Balaban J connectivity index is 2.21. The van der Waals surface area contributed by atoms with Gasteiger partial charge in [-0.15, -0.1) is 0 Å². The molecule has 142 valence electrons. The molecule has 2 aliphatic heterocycles. The zero-order valence-electron chi connectivity index (χ0n) is 16.9. The first-order valence-electron chi connectivity index (χ1n) is 8.79. The van der Waals surface area contributed by atoms with Gasteiger partial charge in [-0.3, -0.25) is 4.90 Å². The van der Waals surface area contributed by atoms with Gasteiger partial charge in [0.05, 0.1) is 11.2 Å². The normalized spacial score (nSPS) is 26.8. The molecule has 0 unspecified atom stereocenters. The molecule has 0 saturated carbocycles. The van der Waals surface area contributed by atoms with E-state index in [1.807, 2.05) is 62.3 Å². The summed E-state index contributed by atoms with van der Waals surface area (Å²) >= 11 is 0. The number of rotatable bonds is 1. The highest BCUT2D eigenvalue weighted by Crippen LogP contribution is 2.42. The fourth-order valence-corrected chi connectivity index (χ4v) is 2.98. The molecule has 0 radical (unpaired) electrons. The first-order valence-corrected chi connectivity index (χ1v) is 8.79. The summed E-state index contributed by atoms with van der Waals surface area (Å²) in [6, 6.07) is 0. The molecule has 2 aliphatic rings. The summed E-state index contributed by atoms with van der Waals surface area (Å²) in [6.45, 7) is 17.0. The van der Waals surface area contributed by atoms with Crippen molar-refractivity contribution in [3.8, 4) is 0 Å². The van der Waals surface area contributed by atoms with E-state index in [-0.39, 0.29) is 6.54 Å². The van der Waals surface area contributed by atoms with E-state index in [0.717, 1.165) is 0 Å². The summed E-state index contributed by atoms with van der Waals surface area (Å²) in [5, 5.41) is 0. The monoisotopic (exact) mass is 355 g/mol. The minimum Gasteiger partial charge on any atom is -0.444 e. The van der Waals surface area contributed by atoms with Gasteiger partial charge in [-0.05, 0) is 74.3 Å². The Bertz CT molecular complexity index is 576. The van der Waals surface area contributed by atoms with Crippen molar-refractivity contribution in [2.75, 3.05) is 6.54 Å². The van der Waals surface area contributed by atoms with Crippen molar-refractivity contribution in [3.05, 3.63) is 11.3 Å². The Morgan fingerprint density at radius 2 is 1.60 bits per heavy atom. The van der Waals surface area contributed by atoms with Crippen LogP contribution < -0.4 is 0 Å². The smallest absolute Gasteiger partial charge is 0.444 e. The van der Waals surface area contributed by atoms with Crippen LogP contribution in [-0.2, 0) is 14.0 Å². The summed E-state index contributed by atoms with van der Waals surface area (Å²) in [5.41, 5.74) is -2.24. The number of carbonyl (C=O) groups is 1. The summed E-state index contributed by atoms with van der Waals surface area (Å²) < 4.78 is 32.1. The molecule has 0 aromatic carbocycles. The first kappa shape index (κ1) is 20.2. The number of halogens is 1. The van der Waals surface area contributed by atoms with Gasteiger partial charge in [0.25, 0.3) is 0 Å². The minimum atomic E-state index is -1.03. The van der Waals surface area contributed by atoms with Crippen molar-refractivity contribution < 1.29 is 23.2 Å². The minimum absolute atomic E-state index is 0.178. The molecule has 7 heteroatoms. The van der Waals surface area contributed by atoms with Crippen LogP contribution in [0.1, 0.15) is 68.7 Å². The van der Waals surface area contributed by atoms with Gasteiger partial charge >= 0.3 is 13.2 Å². The molecule has 0 atom stereocenters. The van der Waals surface area contributed by atoms with Crippen LogP contribution >= 0.6 is 0 Å². The van der Waals surface area contributed by atoms with E-state index in [4.69, 9.17) is 14.0 Å². The molecule has 0 aromatic heterocycles. The number of likely N-dealkylation sites (tertiary alicyclic amines) is 1. The van der Waals surface area contributed by atoms with Gasteiger partial charge in [-0.25, -0.2) is 9.18 Å². The molecule has 2 fully saturated rings. The van der Waals surface area contributed by atoms with E-state index in [2.05, 4.69) is 0 Å². The number of carbonyl (C=O) groups excluding carboxylic acids is 1. The van der Waals surface area contributed by atoms with Gasteiger partial charge in [-0.2, -0.15) is 0 Å². The van der Waals surface area contributed by atoms with Crippen LogP contribution in [0, 0.1) is 0 Å². The predicted octanol–water partition coefficient (Wildman–Crippen LogP) is 4.26. The Morgan fingerprint density at radius 1 is 1.12 bits per heavy atom. The quantitative estimate of drug-likeness (QED) is 0.660. The van der Waals surface area contributed by atoms with Crippen LogP contribution in [0.3, 0.4) is 0 Å². The number of amides is 1. The largest absolute Gasteiger partial charge is 0.525 e. The van der Waals surface area contributed by atoms with Gasteiger partial charge in [0.1, 0.15) is 11.3 Å². The Labute approximate surface area is 151 Å². The number of hydrogen-bond donors (Lipinski definition) is 0. The highest BCUT2D eigenvalue weighted by atomic mass is 19.1.